The number of phosphoric acid groups is 1. The van der Waals surface area contributed by atoms with E-state index in [0.717, 1.165) is 51.4 Å². The molecule has 0 heterocycles. The van der Waals surface area contributed by atoms with E-state index >= 15 is 0 Å². The minimum atomic E-state index is -4.37. The Morgan fingerprint density at radius 1 is 0.577 bits per heavy atom. The van der Waals surface area contributed by atoms with Gasteiger partial charge in [0.1, 0.15) is 19.8 Å². The third kappa shape index (κ3) is 38.5. The van der Waals surface area contributed by atoms with E-state index in [1.807, 2.05) is 21.1 Å². The van der Waals surface area contributed by atoms with Crippen LogP contribution < -0.4 is 0 Å². The van der Waals surface area contributed by atoms with E-state index in [1.165, 1.54) is 109 Å². The van der Waals surface area contributed by atoms with Gasteiger partial charge in [-0.25, -0.2) is 4.57 Å². The molecule has 0 aliphatic rings. The van der Waals surface area contributed by atoms with Gasteiger partial charge < -0.3 is 18.9 Å². The van der Waals surface area contributed by atoms with Crippen molar-refractivity contribution in [3.05, 3.63) is 12.2 Å². The fraction of sp³-hybridized carbons (Fsp3) is 0.905. The number of hydrogen-bond acceptors (Lipinski definition) is 7. The molecular formula is C42H83NO8P+. The number of carbonyl (C=O) groups is 2. The number of likely N-dealkylation sites (N-methyl/N-ethyl adjacent to an activating group) is 1. The topological polar surface area (TPSA) is 108 Å². The van der Waals surface area contributed by atoms with Crippen LogP contribution in [0.2, 0.25) is 0 Å². The Balaban J connectivity index is 4.37. The summed E-state index contributed by atoms with van der Waals surface area (Å²) < 4.78 is 34.3. The van der Waals surface area contributed by atoms with Gasteiger partial charge in [-0.3, -0.25) is 18.6 Å². The van der Waals surface area contributed by atoms with E-state index < -0.39 is 26.5 Å². The molecule has 10 heteroatoms. The third-order valence-corrected chi connectivity index (χ3v) is 10.3. The molecule has 0 saturated carbocycles. The molecule has 0 aromatic heterocycles. The molecule has 0 amide bonds. The monoisotopic (exact) mass is 761 g/mol. The van der Waals surface area contributed by atoms with Gasteiger partial charge in [0, 0.05) is 12.8 Å². The maximum absolute atomic E-state index is 12.7. The molecule has 0 saturated heterocycles. The van der Waals surface area contributed by atoms with Crippen LogP contribution in [0.5, 0.6) is 0 Å². The van der Waals surface area contributed by atoms with Gasteiger partial charge in [-0.05, 0) is 38.5 Å². The highest BCUT2D eigenvalue weighted by molar-refractivity contribution is 7.47. The Kier molecular flexibility index (Phi) is 34.6. The van der Waals surface area contributed by atoms with E-state index in [-0.39, 0.29) is 25.6 Å². The first-order valence-electron chi connectivity index (χ1n) is 21.4. The Hall–Kier alpha value is -1.25. The first-order chi connectivity index (χ1) is 25.0. The molecule has 0 aromatic rings. The Labute approximate surface area is 320 Å². The van der Waals surface area contributed by atoms with E-state index in [0.29, 0.717) is 23.9 Å². The number of quaternary nitrogens is 1. The van der Waals surface area contributed by atoms with Crippen molar-refractivity contribution in [3.8, 4) is 0 Å². The first kappa shape index (κ1) is 50.8. The van der Waals surface area contributed by atoms with Crippen LogP contribution in [0.15, 0.2) is 12.2 Å². The minimum absolute atomic E-state index is 0.0331. The maximum Gasteiger partial charge on any atom is 0.472 e. The summed E-state index contributed by atoms with van der Waals surface area (Å²) in [6, 6.07) is 0. The minimum Gasteiger partial charge on any atom is -0.462 e. The van der Waals surface area contributed by atoms with E-state index in [9.17, 15) is 19.0 Å². The smallest absolute Gasteiger partial charge is 0.462 e. The normalized spacial score (nSPS) is 13.7. The molecule has 0 radical (unpaired) electrons. The van der Waals surface area contributed by atoms with Crippen LogP contribution in [-0.2, 0) is 32.7 Å². The van der Waals surface area contributed by atoms with Gasteiger partial charge in [0.2, 0.25) is 0 Å². The molecule has 0 fully saturated rings. The summed E-state index contributed by atoms with van der Waals surface area (Å²) in [4.78, 5) is 35.3. The fourth-order valence-electron chi connectivity index (χ4n) is 5.89. The summed E-state index contributed by atoms with van der Waals surface area (Å²) in [6.45, 7) is 4.42. The number of phosphoric ester groups is 1. The number of ether oxygens (including phenoxy) is 2. The van der Waals surface area contributed by atoms with E-state index in [4.69, 9.17) is 18.5 Å². The highest BCUT2D eigenvalue weighted by atomic mass is 31.2. The standard InChI is InChI=1S/C42H82NO8P/c1-6-8-10-12-14-16-18-20-21-23-25-27-29-31-33-35-42(45)51-40(39-50-52(46,47)49-37-36-43(3,4)5)38-48-41(44)34-32-30-28-26-24-22-19-17-15-13-11-9-7-2/h20-21,40H,6-19,22-39H2,1-5H3/p+1/b21-20-. The summed E-state index contributed by atoms with van der Waals surface area (Å²) in [7, 11) is 1.48. The van der Waals surface area contributed by atoms with Crippen molar-refractivity contribution >= 4 is 19.8 Å². The molecule has 0 spiro atoms. The average Bonchev–Trinajstić information content (AvgIpc) is 3.09. The summed E-state index contributed by atoms with van der Waals surface area (Å²) >= 11 is 0. The van der Waals surface area contributed by atoms with Crippen molar-refractivity contribution in [2.45, 2.75) is 200 Å². The second-order valence-corrected chi connectivity index (χ2v) is 17.2. The lowest BCUT2D eigenvalue weighted by Crippen LogP contribution is -2.37. The van der Waals surface area contributed by atoms with Crippen LogP contribution in [0.1, 0.15) is 194 Å². The molecule has 0 bridgehead atoms. The van der Waals surface area contributed by atoms with Crippen LogP contribution in [0, 0.1) is 0 Å². The van der Waals surface area contributed by atoms with Crippen molar-refractivity contribution in [1.82, 2.24) is 0 Å². The Morgan fingerprint density at radius 2 is 0.981 bits per heavy atom. The van der Waals surface area contributed by atoms with Crippen LogP contribution >= 0.6 is 7.82 Å². The molecule has 1 N–H and O–H groups in total. The zero-order valence-corrected chi connectivity index (χ0v) is 35.5. The van der Waals surface area contributed by atoms with E-state index in [1.54, 1.807) is 0 Å². The van der Waals surface area contributed by atoms with Gasteiger partial charge in [-0.2, -0.15) is 0 Å². The van der Waals surface area contributed by atoms with Gasteiger partial charge >= 0.3 is 19.8 Å². The molecule has 0 aliphatic heterocycles. The average molecular weight is 761 g/mol. The molecule has 9 nitrogen and oxygen atoms in total. The van der Waals surface area contributed by atoms with Gasteiger partial charge in [0.15, 0.2) is 6.10 Å². The zero-order chi connectivity index (χ0) is 38.6. The first-order valence-corrected chi connectivity index (χ1v) is 22.9. The lowest BCUT2D eigenvalue weighted by molar-refractivity contribution is -0.870. The van der Waals surface area contributed by atoms with Crippen molar-refractivity contribution < 1.29 is 42.1 Å². The van der Waals surface area contributed by atoms with Crippen LogP contribution in [0.3, 0.4) is 0 Å². The lowest BCUT2D eigenvalue weighted by Gasteiger charge is -2.24. The van der Waals surface area contributed by atoms with Crippen LogP contribution in [0.4, 0.5) is 0 Å². The lowest BCUT2D eigenvalue weighted by atomic mass is 10.0. The van der Waals surface area contributed by atoms with Crippen molar-refractivity contribution in [2.75, 3.05) is 47.5 Å². The zero-order valence-electron chi connectivity index (χ0n) is 34.6. The number of carbonyl (C=O) groups excluding carboxylic acids is 2. The third-order valence-electron chi connectivity index (χ3n) is 9.30. The number of hydrogen-bond donors (Lipinski definition) is 1. The molecule has 0 aliphatic carbocycles. The van der Waals surface area contributed by atoms with Crippen LogP contribution in [0.25, 0.3) is 0 Å². The van der Waals surface area contributed by atoms with Crippen molar-refractivity contribution in [3.63, 3.8) is 0 Å². The molecule has 52 heavy (non-hydrogen) atoms. The van der Waals surface area contributed by atoms with Gasteiger partial charge in [-0.1, -0.05) is 154 Å². The summed E-state index contributed by atoms with van der Waals surface area (Å²) in [5.41, 5.74) is 0. The highest BCUT2D eigenvalue weighted by Gasteiger charge is 2.27. The Morgan fingerprint density at radius 3 is 1.42 bits per heavy atom. The number of rotatable bonds is 39. The SMILES string of the molecule is CCCCCCCC/C=C\CCCCCCCC(=O)OC(COC(=O)CCCCCCCCCCCCCCC)COP(=O)(O)OCC[N+](C)(C)C. The highest BCUT2D eigenvalue weighted by Crippen LogP contribution is 2.43. The number of esters is 2. The van der Waals surface area contributed by atoms with Crippen LogP contribution in [-0.4, -0.2) is 74.9 Å². The maximum atomic E-state index is 12.7. The largest absolute Gasteiger partial charge is 0.472 e. The van der Waals surface area contributed by atoms with Crippen molar-refractivity contribution in [2.24, 2.45) is 0 Å². The quantitative estimate of drug-likeness (QED) is 0.0217. The number of unbranched alkanes of at least 4 members (excludes halogenated alkanes) is 23. The molecule has 0 rings (SSSR count). The van der Waals surface area contributed by atoms with Crippen molar-refractivity contribution in [1.29, 1.82) is 0 Å². The molecule has 2 unspecified atom stereocenters. The van der Waals surface area contributed by atoms with Gasteiger partial charge in [0.25, 0.3) is 0 Å². The van der Waals surface area contributed by atoms with Gasteiger partial charge in [-0.15, -0.1) is 0 Å². The van der Waals surface area contributed by atoms with Gasteiger partial charge in [0.05, 0.1) is 27.7 Å². The molecule has 308 valence electrons. The molecule has 2 atom stereocenters. The van der Waals surface area contributed by atoms with E-state index in [2.05, 4.69) is 26.0 Å². The summed E-state index contributed by atoms with van der Waals surface area (Å²) in [5, 5.41) is 0. The fourth-order valence-corrected chi connectivity index (χ4v) is 6.63. The Bertz CT molecular complexity index is 907. The number of allylic oxidation sites excluding steroid dienone is 2. The predicted octanol–water partition coefficient (Wildman–Crippen LogP) is 11.8. The predicted molar refractivity (Wildman–Crippen MR) is 215 cm³/mol. The number of nitrogens with zero attached hydrogens (tertiary/aromatic N) is 1. The summed E-state index contributed by atoms with van der Waals surface area (Å²) in [6.07, 6.45) is 35.3. The molecular weight excluding hydrogens is 677 g/mol. The second-order valence-electron chi connectivity index (χ2n) is 15.7. The molecule has 0 aromatic carbocycles. The second kappa shape index (κ2) is 35.5. The summed E-state index contributed by atoms with van der Waals surface area (Å²) in [5.74, 6) is -0.801.